The minimum Gasteiger partial charge on any atom is -0.384 e. The standard InChI is InChI=1S/C13H20N4O2/c1-10(9-17-5-7-19-8-6-17)15-13(18)11-3-2-4-12(14)16-11/h2-4,10H,5-9H2,1H3,(H2,14,16)(H,15,18). The third-order valence-corrected chi connectivity index (χ3v) is 3.02. The first-order valence-electron chi connectivity index (χ1n) is 6.48. The first-order valence-corrected chi connectivity index (χ1v) is 6.48. The summed E-state index contributed by atoms with van der Waals surface area (Å²) in [7, 11) is 0. The lowest BCUT2D eigenvalue weighted by molar-refractivity contribution is 0.0342. The van der Waals surface area contributed by atoms with E-state index in [4.69, 9.17) is 10.5 Å². The maximum atomic E-state index is 12.0. The molecular weight excluding hydrogens is 244 g/mol. The predicted molar refractivity (Wildman–Crippen MR) is 72.8 cm³/mol. The van der Waals surface area contributed by atoms with Crippen LogP contribution in [0.5, 0.6) is 0 Å². The van der Waals surface area contributed by atoms with E-state index in [1.54, 1.807) is 18.2 Å². The number of nitrogens with zero attached hydrogens (tertiary/aromatic N) is 2. The largest absolute Gasteiger partial charge is 0.384 e. The van der Waals surface area contributed by atoms with Gasteiger partial charge in [0.25, 0.3) is 5.91 Å². The molecule has 1 aliphatic heterocycles. The van der Waals surface area contributed by atoms with Crippen LogP contribution in [0, 0.1) is 0 Å². The van der Waals surface area contributed by atoms with Crippen molar-refractivity contribution in [2.75, 3.05) is 38.6 Å². The summed E-state index contributed by atoms with van der Waals surface area (Å²) in [5, 5.41) is 2.93. The smallest absolute Gasteiger partial charge is 0.270 e. The topological polar surface area (TPSA) is 80.5 Å². The van der Waals surface area contributed by atoms with Gasteiger partial charge in [0.1, 0.15) is 11.5 Å². The Morgan fingerprint density at radius 3 is 2.95 bits per heavy atom. The van der Waals surface area contributed by atoms with Crippen molar-refractivity contribution in [3.63, 3.8) is 0 Å². The Morgan fingerprint density at radius 1 is 1.53 bits per heavy atom. The third-order valence-electron chi connectivity index (χ3n) is 3.02. The minimum absolute atomic E-state index is 0.0637. The van der Waals surface area contributed by atoms with Crippen LogP contribution in [0.15, 0.2) is 18.2 Å². The van der Waals surface area contributed by atoms with Gasteiger partial charge in [0.05, 0.1) is 13.2 Å². The van der Waals surface area contributed by atoms with Gasteiger partial charge in [-0.2, -0.15) is 0 Å². The Hall–Kier alpha value is -1.66. The summed E-state index contributed by atoms with van der Waals surface area (Å²) in [6, 6.07) is 5.11. The van der Waals surface area contributed by atoms with Crippen molar-refractivity contribution < 1.29 is 9.53 Å². The highest BCUT2D eigenvalue weighted by molar-refractivity contribution is 5.92. The molecule has 3 N–H and O–H groups in total. The van der Waals surface area contributed by atoms with E-state index in [1.807, 2.05) is 6.92 Å². The van der Waals surface area contributed by atoms with Gasteiger partial charge in [-0.25, -0.2) is 4.98 Å². The quantitative estimate of drug-likeness (QED) is 0.807. The number of carbonyl (C=O) groups excluding carboxylic acids is 1. The lowest BCUT2D eigenvalue weighted by atomic mass is 10.2. The second-order valence-corrected chi connectivity index (χ2v) is 4.74. The molecule has 1 amide bonds. The van der Waals surface area contributed by atoms with Gasteiger partial charge in [-0.3, -0.25) is 9.69 Å². The number of pyridine rings is 1. The van der Waals surface area contributed by atoms with E-state index >= 15 is 0 Å². The van der Waals surface area contributed by atoms with E-state index in [2.05, 4.69) is 15.2 Å². The second-order valence-electron chi connectivity index (χ2n) is 4.74. The number of hydrogen-bond acceptors (Lipinski definition) is 5. The van der Waals surface area contributed by atoms with E-state index in [1.165, 1.54) is 0 Å². The van der Waals surface area contributed by atoms with Crippen molar-refractivity contribution in [3.8, 4) is 0 Å². The van der Waals surface area contributed by atoms with E-state index in [0.717, 1.165) is 32.8 Å². The number of ether oxygens (including phenoxy) is 1. The number of anilines is 1. The summed E-state index contributed by atoms with van der Waals surface area (Å²) in [4.78, 5) is 18.3. The molecule has 0 aromatic carbocycles. The fourth-order valence-corrected chi connectivity index (χ4v) is 2.09. The summed E-state index contributed by atoms with van der Waals surface area (Å²) >= 11 is 0. The lowest BCUT2D eigenvalue weighted by Crippen LogP contribution is -2.46. The number of aromatic nitrogens is 1. The number of nitrogen functional groups attached to an aromatic ring is 1. The Bertz CT molecular complexity index is 432. The van der Waals surface area contributed by atoms with Crippen LogP contribution >= 0.6 is 0 Å². The van der Waals surface area contributed by atoms with Crippen molar-refractivity contribution in [3.05, 3.63) is 23.9 Å². The number of nitrogens with one attached hydrogen (secondary N) is 1. The van der Waals surface area contributed by atoms with Crippen molar-refractivity contribution in [1.29, 1.82) is 0 Å². The van der Waals surface area contributed by atoms with Crippen LogP contribution in [-0.4, -0.2) is 54.7 Å². The zero-order valence-electron chi connectivity index (χ0n) is 11.1. The molecule has 0 spiro atoms. The molecule has 104 valence electrons. The van der Waals surface area contributed by atoms with Gasteiger partial charge in [-0.15, -0.1) is 0 Å². The number of rotatable bonds is 4. The highest BCUT2D eigenvalue weighted by Gasteiger charge is 2.16. The van der Waals surface area contributed by atoms with Gasteiger partial charge >= 0.3 is 0 Å². The SMILES string of the molecule is CC(CN1CCOCC1)NC(=O)c1cccc(N)n1. The van der Waals surface area contributed by atoms with Crippen LogP contribution in [0.2, 0.25) is 0 Å². The van der Waals surface area contributed by atoms with Crippen LogP contribution in [-0.2, 0) is 4.74 Å². The van der Waals surface area contributed by atoms with E-state index in [0.29, 0.717) is 11.5 Å². The van der Waals surface area contributed by atoms with Gasteiger partial charge in [0, 0.05) is 25.7 Å². The summed E-state index contributed by atoms with van der Waals surface area (Å²) in [5.74, 6) is 0.168. The molecule has 19 heavy (non-hydrogen) atoms. The summed E-state index contributed by atoms with van der Waals surface area (Å²) < 4.78 is 5.29. The highest BCUT2D eigenvalue weighted by Crippen LogP contribution is 2.02. The molecule has 1 unspecified atom stereocenters. The Labute approximate surface area is 112 Å². The minimum atomic E-state index is -0.187. The van der Waals surface area contributed by atoms with Crippen LogP contribution in [0.1, 0.15) is 17.4 Å². The number of morpholine rings is 1. The van der Waals surface area contributed by atoms with Crippen molar-refractivity contribution in [2.24, 2.45) is 0 Å². The Balaban J connectivity index is 1.84. The van der Waals surface area contributed by atoms with Crippen LogP contribution < -0.4 is 11.1 Å². The van der Waals surface area contributed by atoms with Gasteiger partial charge < -0.3 is 15.8 Å². The maximum absolute atomic E-state index is 12.0. The highest BCUT2D eigenvalue weighted by atomic mass is 16.5. The number of nitrogens with two attached hydrogens (primary N) is 1. The molecular formula is C13H20N4O2. The fraction of sp³-hybridized carbons (Fsp3) is 0.538. The number of amides is 1. The molecule has 1 aliphatic rings. The zero-order valence-corrected chi connectivity index (χ0v) is 11.1. The summed E-state index contributed by atoms with van der Waals surface area (Å²) in [5.41, 5.74) is 5.92. The molecule has 1 aromatic rings. The summed E-state index contributed by atoms with van der Waals surface area (Å²) in [6.07, 6.45) is 0. The molecule has 0 aliphatic carbocycles. The zero-order chi connectivity index (χ0) is 13.7. The van der Waals surface area contributed by atoms with Gasteiger partial charge in [-0.1, -0.05) is 6.07 Å². The van der Waals surface area contributed by atoms with Gasteiger partial charge in [-0.05, 0) is 19.1 Å². The molecule has 0 saturated carbocycles. The monoisotopic (exact) mass is 264 g/mol. The average Bonchev–Trinajstić information content (AvgIpc) is 2.39. The maximum Gasteiger partial charge on any atom is 0.270 e. The Morgan fingerprint density at radius 2 is 2.26 bits per heavy atom. The van der Waals surface area contributed by atoms with Gasteiger partial charge in [0.15, 0.2) is 0 Å². The number of carbonyl (C=O) groups is 1. The van der Waals surface area contributed by atoms with Gasteiger partial charge in [0.2, 0.25) is 0 Å². The predicted octanol–water partition coefficient (Wildman–Crippen LogP) is 0.114. The van der Waals surface area contributed by atoms with E-state index in [-0.39, 0.29) is 11.9 Å². The molecule has 1 aromatic heterocycles. The van der Waals surface area contributed by atoms with Crippen molar-refractivity contribution >= 4 is 11.7 Å². The van der Waals surface area contributed by atoms with Crippen LogP contribution in [0.3, 0.4) is 0 Å². The molecule has 1 atom stereocenters. The molecule has 0 bridgehead atoms. The Kier molecular flexibility index (Phi) is 4.70. The first-order chi connectivity index (χ1) is 9.15. The number of hydrogen-bond donors (Lipinski definition) is 2. The molecule has 6 heteroatoms. The molecule has 6 nitrogen and oxygen atoms in total. The molecule has 2 rings (SSSR count). The molecule has 1 fully saturated rings. The van der Waals surface area contributed by atoms with Crippen molar-refractivity contribution in [2.45, 2.75) is 13.0 Å². The third kappa shape index (κ3) is 4.18. The van der Waals surface area contributed by atoms with E-state index in [9.17, 15) is 4.79 Å². The first kappa shape index (κ1) is 13.8. The van der Waals surface area contributed by atoms with Crippen molar-refractivity contribution in [1.82, 2.24) is 15.2 Å². The average molecular weight is 264 g/mol. The van der Waals surface area contributed by atoms with Crippen LogP contribution in [0.25, 0.3) is 0 Å². The second kappa shape index (κ2) is 6.49. The molecule has 1 saturated heterocycles. The fourth-order valence-electron chi connectivity index (χ4n) is 2.09. The lowest BCUT2D eigenvalue weighted by Gasteiger charge is -2.29. The van der Waals surface area contributed by atoms with Crippen LogP contribution in [0.4, 0.5) is 5.82 Å². The molecule has 2 heterocycles. The van der Waals surface area contributed by atoms with E-state index < -0.39 is 0 Å². The summed E-state index contributed by atoms with van der Waals surface area (Å²) in [6.45, 7) is 6.15. The normalized spacial score (nSPS) is 17.9. The molecule has 0 radical (unpaired) electrons.